The van der Waals surface area contributed by atoms with Crippen LogP contribution in [0.3, 0.4) is 0 Å². The molecule has 2 heteroatoms. The van der Waals surface area contributed by atoms with Gasteiger partial charge >= 0.3 is 0 Å². The van der Waals surface area contributed by atoms with Crippen molar-refractivity contribution in [2.45, 2.75) is 58.9 Å². The van der Waals surface area contributed by atoms with Gasteiger partial charge in [-0.2, -0.15) is 0 Å². The minimum atomic E-state index is 0.735. The quantitative estimate of drug-likeness (QED) is 0.674. The van der Waals surface area contributed by atoms with Gasteiger partial charge in [-0.15, -0.1) is 0 Å². The van der Waals surface area contributed by atoms with Crippen LogP contribution in [0.15, 0.2) is 0 Å². The molecule has 0 aliphatic heterocycles. The summed E-state index contributed by atoms with van der Waals surface area (Å²) in [5, 5.41) is 3.69. The van der Waals surface area contributed by atoms with Crippen LogP contribution in [0.5, 0.6) is 0 Å². The maximum absolute atomic E-state index is 5.51. The summed E-state index contributed by atoms with van der Waals surface area (Å²) >= 11 is 0. The van der Waals surface area contributed by atoms with Crippen LogP contribution < -0.4 is 5.32 Å². The normalized spacial score (nSPS) is 26.2. The zero-order chi connectivity index (χ0) is 11.8. The second-order valence-electron chi connectivity index (χ2n) is 5.37. The van der Waals surface area contributed by atoms with Crippen molar-refractivity contribution >= 4 is 0 Å². The average molecular weight is 227 g/mol. The van der Waals surface area contributed by atoms with Crippen LogP contribution in [0.4, 0.5) is 0 Å². The SMILES string of the molecule is CCCOCCNC1CCCCC1C(C)C. The average Bonchev–Trinajstić information content (AvgIpc) is 2.29. The Morgan fingerprint density at radius 3 is 2.62 bits per heavy atom. The first kappa shape index (κ1) is 14.0. The minimum absolute atomic E-state index is 0.735. The second kappa shape index (κ2) is 8.08. The smallest absolute Gasteiger partial charge is 0.0590 e. The molecule has 0 saturated heterocycles. The summed E-state index contributed by atoms with van der Waals surface area (Å²) in [6.45, 7) is 9.67. The van der Waals surface area contributed by atoms with E-state index in [-0.39, 0.29) is 0 Å². The Hall–Kier alpha value is -0.0800. The lowest BCUT2D eigenvalue weighted by Crippen LogP contribution is -2.42. The summed E-state index contributed by atoms with van der Waals surface area (Å²) in [7, 11) is 0. The summed E-state index contributed by atoms with van der Waals surface area (Å²) in [5.74, 6) is 1.69. The van der Waals surface area contributed by atoms with E-state index in [2.05, 4.69) is 26.1 Å². The third-order valence-electron chi connectivity index (χ3n) is 3.68. The lowest BCUT2D eigenvalue weighted by Gasteiger charge is -2.35. The van der Waals surface area contributed by atoms with E-state index in [9.17, 15) is 0 Å². The first-order chi connectivity index (χ1) is 7.75. The van der Waals surface area contributed by atoms with Gasteiger partial charge in [0.25, 0.3) is 0 Å². The third-order valence-corrected chi connectivity index (χ3v) is 3.68. The van der Waals surface area contributed by atoms with Crippen LogP contribution in [-0.2, 0) is 4.74 Å². The molecule has 0 aromatic rings. The predicted octanol–water partition coefficient (Wildman–Crippen LogP) is 3.22. The number of rotatable bonds is 7. The van der Waals surface area contributed by atoms with E-state index in [1.165, 1.54) is 25.7 Å². The lowest BCUT2D eigenvalue weighted by atomic mass is 9.78. The molecule has 1 aliphatic carbocycles. The van der Waals surface area contributed by atoms with Crippen molar-refractivity contribution in [2.24, 2.45) is 11.8 Å². The fraction of sp³-hybridized carbons (Fsp3) is 1.00. The monoisotopic (exact) mass is 227 g/mol. The molecule has 2 nitrogen and oxygen atoms in total. The molecule has 0 aromatic heterocycles. The zero-order valence-electron chi connectivity index (χ0n) is 11.3. The van der Waals surface area contributed by atoms with E-state index in [0.717, 1.165) is 44.1 Å². The molecule has 2 unspecified atom stereocenters. The molecule has 0 heterocycles. The Labute approximate surface area is 101 Å². The topological polar surface area (TPSA) is 21.3 Å². The van der Waals surface area contributed by atoms with Gasteiger partial charge in [-0.25, -0.2) is 0 Å². The standard InChI is InChI=1S/C14H29NO/c1-4-10-16-11-9-15-14-8-6-5-7-13(14)12(2)3/h12-15H,4-11H2,1-3H3. The molecular weight excluding hydrogens is 198 g/mol. The van der Waals surface area contributed by atoms with Gasteiger partial charge in [0.2, 0.25) is 0 Å². The van der Waals surface area contributed by atoms with E-state index >= 15 is 0 Å². The number of hydrogen-bond acceptors (Lipinski definition) is 2. The summed E-state index contributed by atoms with van der Waals surface area (Å²) < 4.78 is 5.51. The largest absolute Gasteiger partial charge is 0.380 e. The van der Waals surface area contributed by atoms with E-state index in [4.69, 9.17) is 4.74 Å². The number of nitrogens with one attached hydrogen (secondary N) is 1. The Morgan fingerprint density at radius 2 is 1.94 bits per heavy atom. The van der Waals surface area contributed by atoms with Crippen molar-refractivity contribution in [3.05, 3.63) is 0 Å². The van der Waals surface area contributed by atoms with Crippen LogP contribution >= 0.6 is 0 Å². The molecule has 0 radical (unpaired) electrons. The number of ether oxygens (including phenoxy) is 1. The van der Waals surface area contributed by atoms with Crippen LogP contribution in [-0.4, -0.2) is 25.8 Å². The summed E-state index contributed by atoms with van der Waals surface area (Å²) in [4.78, 5) is 0. The van der Waals surface area contributed by atoms with Crippen molar-refractivity contribution in [3.8, 4) is 0 Å². The number of hydrogen-bond donors (Lipinski definition) is 1. The maximum Gasteiger partial charge on any atom is 0.0590 e. The van der Waals surface area contributed by atoms with E-state index in [1.807, 2.05) is 0 Å². The van der Waals surface area contributed by atoms with Crippen molar-refractivity contribution in [2.75, 3.05) is 19.8 Å². The molecule has 16 heavy (non-hydrogen) atoms. The first-order valence-corrected chi connectivity index (χ1v) is 7.06. The molecule has 2 atom stereocenters. The summed E-state index contributed by atoms with van der Waals surface area (Å²) in [6, 6.07) is 0.735. The fourth-order valence-corrected chi connectivity index (χ4v) is 2.77. The lowest BCUT2D eigenvalue weighted by molar-refractivity contribution is 0.124. The van der Waals surface area contributed by atoms with Gasteiger partial charge in [0.1, 0.15) is 0 Å². The van der Waals surface area contributed by atoms with Gasteiger partial charge in [0.15, 0.2) is 0 Å². The highest BCUT2D eigenvalue weighted by Crippen LogP contribution is 2.29. The van der Waals surface area contributed by atoms with E-state index in [0.29, 0.717) is 0 Å². The second-order valence-corrected chi connectivity index (χ2v) is 5.37. The molecule has 1 saturated carbocycles. The van der Waals surface area contributed by atoms with Gasteiger partial charge in [0, 0.05) is 19.2 Å². The third kappa shape index (κ3) is 4.84. The highest BCUT2D eigenvalue weighted by molar-refractivity contribution is 4.82. The van der Waals surface area contributed by atoms with E-state index in [1.54, 1.807) is 0 Å². The highest BCUT2D eigenvalue weighted by Gasteiger charge is 2.26. The molecule has 1 fully saturated rings. The molecule has 96 valence electrons. The predicted molar refractivity (Wildman–Crippen MR) is 69.7 cm³/mol. The van der Waals surface area contributed by atoms with Gasteiger partial charge in [0.05, 0.1) is 6.61 Å². The van der Waals surface area contributed by atoms with Crippen molar-refractivity contribution < 1.29 is 4.74 Å². The molecule has 1 rings (SSSR count). The zero-order valence-corrected chi connectivity index (χ0v) is 11.3. The molecule has 1 aliphatic rings. The van der Waals surface area contributed by atoms with Crippen LogP contribution in [0.25, 0.3) is 0 Å². The first-order valence-electron chi connectivity index (χ1n) is 7.06. The summed E-state index contributed by atoms with van der Waals surface area (Å²) in [6.07, 6.45) is 6.71. The molecule has 0 bridgehead atoms. The van der Waals surface area contributed by atoms with E-state index < -0.39 is 0 Å². The van der Waals surface area contributed by atoms with Crippen LogP contribution in [0.2, 0.25) is 0 Å². The molecule has 0 amide bonds. The van der Waals surface area contributed by atoms with Crippen LogP contribution in [0, 0.1) is 11.8 Å². The van der Waals surface area contributed by atoms with Crippen molar-refractivity contribution in [3.63, 3.8) is 0 Å². The molecule has 0 aromatic carbocycles. The maximum atomic E-state index is 5.51. The molecular formula is C14H29NO. The van der Waals surface area contributed by atoms with Gasteiger partial charge in [-0.3, -0.25) is 0 Å². The van der Waals surface area contributed by atoms with Gasteiger partial charge < -0.3 is 10.1 Å². The van der Waals surface area contributed by atoms with Crippen molar-refractivity contribution in [1.82, 2.24) is 5.32 Å². The summed E-state index contributed by atoms with van der Waals surface area (Å²) in [5.41, 5.74) is 0. The Morgan fingerprint density at radius 1 is 1.19 bits per heavy atom. The highest BCUT2D eigenvalue weighted by atomic mass is 16.5. The Bertz CT molecular complexity index is 170. The fourth-order valence-electron chi connectivity index (χ4n) is 2.77. The van der Waals surface area contributed by atoms with Gasteiger partial charge in [-0.1, -0.05) is 33.6 Å². The van der Waals surface area contributed by atoms with Crippen LogP contribution in [0.1, 0.15) is 52.9 Å². The molecule has 0 spiro atoms. The van der Waals surface area contributed by atoms with Gasteiger partial charge in [-0.05, 0) is 31.1 Å². The van der Waals surface area contributed by atoms with Crippen molar-refractivity contribution in [1.29, 1.82) is 0 Å². The Kier molecular flexibility index (Phi) is 7.06. The molecule has 1 N–H and O–H groups in total. The minimum Gasteiger partial charge on any atom is -0.380 e. The Balaban J connectivity index is 2.17.